The number of aryl methyl sites for hydroxylation is 1. The lowest BCUT2D eigenvalue weighted by molar-refractivity contribution is -0.126. The highest BCUT2D eigenvalue weighted by Crippen LogP contribution is 2.37. The second kappa shape index (κ2) is 38.0. The summed E-state index contributed by atoms with van der Waals surface area (Å²) in [5.74, 6) is -0.520. The number of fused-ring (bicyclic) bond motifs is 3. The summed E-state index contributed by atoms with van der Waals surface area (Å²) >= 11 is 19.2. The van der Waals surface area contributed by atoms with Gasteiger partial charge in [0.25, 0.3) is 0 Å². The van der Waals surface area contributed by atoms with Crippen LogP contribution in [0.5, 0.6) is 17.2 Å². The largest absolute Gasteiger partial charge is 0.497 e. The number of hydrogen-bond acceptors (Lipinski definition) is 24. The number of carbonyl (C=O) groups excluding carboxylic acids is 6. The lowest BCUT2D eigenvalue weighted by atomic mass is 10.1. The van der Waals surface area contributed by atoms with E-state index < -0.39 is 97.3 Å². The molecule has 6 atom stereocenters. The zero-order valence-electron chi connectivity index (χ0n) is 65.9. The van der Waals surface area contributed by atoms with Crippen molar-refractivity contribution >= 4 is 94.3 Å². The average molecular weight is 1720 g/mol. The first kappa shape index (κ1) is 85.9. The van der Waals surface area contributed by atoms with E-state index in [4.69, 9.17) is 58.5 Å². The van der Waals surface area contributed by atoms with Crippen LogP contribution in [0.4, 0.5) is 51.2 Å². The second-order valence-corrected chi connectivity index (χ2v) is 30.0. The van der Waals surface area contributed by atoms with Gasteiger partial charge >= 0.3 is 18.1 Å². The molecule has 2 saturated heterocycles. The molecule has 632 valence electrons. The quantitative estimate of drug-likeness (QED) is 0.0231. The molecule has 120 heavy (non-hydrogen) atoms. The summed E-state index contributed by atoms with van der Waals surface area (Å²) in [7, 11) is 5.96. The Morgan fingerprint density at radius 1 is 0.492 bits per heavy atom. The molecule has 34 nitrogen and oxygen atoms in total. The molecule has 0 aliphatic carbocycles. The summed E-state index contributed by atoms with van der Waals surface area (Å²) < 4.78 is 73.9. The molecule has 15 rings (SSSR count). The standard InChI is InChI=1S/2C27H30ClFN6O5.C26H26ClFN8O4/c2*1-15(25(37)32-23(14-36)16-7-18(29)10-21(9-16)39-2)34-13-20-8-17(12-35(20)27(34)38)24-22(28)11-30-26(33-24)31-19-3-5-40-6-4-19;1-14(24(38)31-21(13-37)15-6-17(28)9-19(8-15)40-3)35-12-18-7-16(11-36(18)26(35)39)23-20(27)10-29-25(33-23)32-22-4-5-30-34(22)2/h2*7-12,15,19,23,36H,3-6,13-14H2,1-2H3,(H,32,37)(H,30,31,33);4-11,14,21,37H,12-13H2,1-3H3,(H,31,38)(H,29,32,33)/t15-,23+;15-,23-;14-,21+/m010/s1. The van der Waals surface area contributed by atoms with E-state index in [1.165, 1.54) is 123 Å². The third-order valence-corrected chi connectivity index (χ3v) is 21.7. The fraction of sp³-hybridized carbons (Fsp3) is 0.362. The van der Waals surface area contributed by atoms with Gasteiger partial charge in [0.05, 0.1) is 136 Å². The monoisotopic (exact) mass is 1710 g/mol. The first-order chi connectivity index (χ1) is 57.7. The fourth-order valence-electron chi connectivity index (χ4n) is 14.1. The highest BCUT2D eigenvalue weighted by molar-refractivity contribution is 6.33. The molecule has 0 bridgehead atoms. The molecule has 7 aromatic heterocycles. The number of nitrogens with zero attached hydrogens (tertiary/aromatic N) is 14. The van der Waals surface area contributed by atoms with Crippen molar-refractivity contribution in [1.29, 1.82) is 0 Å². The topological polar surface area (TPSA) is 401 Å². The van der Waals surface area contributed by atoms with E-state index in [9.17, 15) is 57.3 Å². The molecule has 10 aromatic rings. The zero-order chi connectivity index (χ0) is 85.3. The van der Waals surface area contributed by atoms with Crippen LogP contribution in [0.2, 0.25) is 15.1 Å². The molecule has 0 saturated carbocycles. The van der Waals surface area contributed by atoms with Gasteiger partial charge in [-0.2, -0.15) is 5.10 Å². The van der Waals surface area contributed by atoms with Crippen molar-refractivity contribution in [1.82, 2.24) is 84.0 Å². The Kier molecular flexibility index (Phi) is 27.2. The molecular weight excluding hydrogens is 1630 g/mol. The zero-order valence-corrected chi connectivity index (χ0v) is 68.2. The van der Waals surface area contributed by atoms with Gasteiger partial charge in [0.15, 0.2) is 0 Å². The van der Waals surface area contributed by atoms with E-state index in [-0.39, 0.29) is 61.0 Å². The lowest BCUT2D eigenvalue weighted by Gasteiger charge is -2.25. The van der Waals surface area contributed by atoms with Crippen LogP contribution in [0.25, 0.3) is 33.8 Å². The van der Waals surface area contributed by atoms with Crippen LogP contribution in [0.1, 0.15) is 98.4 Å². The molecule has 6 amide bonds. The number of hydrogen-bond donors (Lipinski definition) is 9. The van der Waals surface area contributed by atoms with Crippen molar-refractivity contribution in [3.63, 3.8) is 0 Å². The fourth-order valence-corrected chi connectivity index (χ4v) is 14.7. The molecule has 5 aliphatic heterocycles. The Bertz CT molecular complexity index is 5240. The number of anilines is 4. The molecule has 0 spiro atoms. The van der Waals surface area contributed by atoms with Gasteiger partial charge in [-0.25, -0.2) is 57.5 Å². The first-order valence-electron chi connectivity index (χ1n) is 38.1. The molecule has 12 heterocycles. The van der Waals surface area contributed by atoms with Crippen LogP contribution in [-0.4, -0.2) is 217 Å². The van der Waals surface area contributed by atoms with Gasteiger partial charge in [0.1, 0.15) is 58.6 Å². The Balaban J connectivity index is 0.000000156. The Morgan fingerprint density at radius 3 is 1.10 bits per heavy atom. The number of aromatic nitrogens is 11. The van der Waals surface area contributed by atoms with E-state index in [1.807, 2.05) is 12.1 Å². The number of amides is 6. The van der Waals surface area contributed by atoms with Crippen LogP contribution in [0.3, 0.4) is 0 Å². The highest BCUT2D eigenvalue weighted by Gasteiger charge is 2.40. The van der Waals surface area contributed by atoms with Crippen LogP contribution >= 0.6 is 34.8 Å². The summed E-state index contributed by atoms with van der Waals surface area (Å²) in [6, 6.07) is 13.0. The summed E-state index contributed by atoms with van der Waals surface area (Å²) in [6.45, 7) is 6.61. The minimum Gasteiger partial charge on any atom is -0.497 e. The van der Waals surface area contributed by atoms with Gasteiger partial charge in [-0.05, 0) is 118 Å². The van der Waals surface area contributed by atoms with E-state index in [0.29, 0.717) is 133 Å². The summed E-state index contributed by atoms with van der Waals surface area (Å²) in [5.41, 5.74) is 6.35. The van der Waals surface area contributed by atoms with E-state index >= 15 is 0 Å². The Labute approximate surface area is 700 Å². The second-order valence-electron chi connectivity index (χ2n) is 28.7. The number of aliphatic hydroxyl groups excluding tert-OH is 3. The normalized spacial score (nSPS) is 16.0. The molecule has 0 radical (unpaired) electrons. The Morgan fingerprint density at radius 2 is 0.808 bits per heavy atom. The maximum Gasteiger partial charge on any atom is 0.329 e. The van der Waals surface area contributed by atoms with E-state index in [2.05, 4.69) is 66.9 Å². The smallest absolute Gasteiger partial charge is 0.329 e. The molecule has 2 fully saturated rings. The van der Waals surface area contributed by atoms with Gasteiger partial charge < -0.3 is 85.6 Å². The number of methoxy groups -OCH3 is 3. The van der Waals surface area contributed by atoms with Crippen molar-refractivity contribution in [3.05, 3.63) is 189 Å². The summed E-state index contributed by atoms with van der Waals surface area (Å²) in [5, 5.41) is 52.5. The first-order valence-corrected chi connectivity index (χ1v) is 39.2. The molecule has 9 N–H and O–H groups in total. The molecule has 0 unspecified atom stereocenters. The molecular formula is C80H86Cl3F3N20O14. The minimum atomic E-state index is -0.892. The number of benzene rings is 3. The third-order valence-electron chi connectivity index (χ3n) is 20.9. The van der Waals surface area contributed by atoms with Crippen LogP contribution < -0.4 is 46.1 Å². The van der Waals surface area contributed by atoms with Crippen molar-refractivity contribution in [2.45, 2.75) is 114 Å². The average Bonchev–Trinajstić information content (AvgIpc) is 1.62. The van der Waals surface area contributed by atoms with Crippen molar-refractivity contribution in [2.75, 3.05) is 83.5 Å². The molecule has 3 aromatic carbocycles. The van der Waals surface area contributed by atoms with Crippen LogP contribution in [-0.2, 0) is 50.5 Å². The van der Waals surface area contributed by atoms with Gasteiger partial charge in [0.2, 0.25) is 35.6 Å². The van der Waals surface area contributed by atoms with Crippen molar-refractivity contribution in [2.24, 2.45) is 7.05 Å². The third kappa shape index (κ3) is 19.5. The van der Waals surface area contributed by atoms with Gasteiger partial charge in [-0.1, -0.05) is 34.8 Å². The SMILES string of the molecule is COc1cc(F)cc([C@@H](CO)NC(=O)[C@@H](C)N2Cc3cc(-c4nc(NC5CCOCC5)ncc4Cl)cn3C2=O)c1.COc1cc(F)cc([C@@H](CO)NC(=O)[C@H](C)N2Cc3cc(-c4nc(NC5CCOCC5)ncc4Cl)cn3C2=O)c1.COc1cc(F)cc([C@@H](CO)NC(=O)[C@H](C)N2Cc3cc(-c4nc(Nc5ccnn5C)ncc4Cl)cn3C2=O)c1. The number of halogens is 6. The van der Waals surface area contributed by atoms with Crippen molar-refractivity contribution in [3.8, 4) is 51.0 Å². The number of ether oxygens (including phenoxy) is 5. The van der Waals surface area contributed by atoms with Gasteiger partial charge in [-0.15, -0.1) is 0 Å². The van der Waals surface area contributed by atoms with E-state index in [0.717, 1.165) is 25.7 Å². The lowest BCUT2D eigenvalue weighted by Crippen LogP contribution is -2.47. The van der Waals surface area contributed by atoms with Crippen LogP contribution in [0.15, 0.2) is 122 Å². The highest BCUT2D eigenvalue weighted by atomic mass is 35.5. The number of aliphatic hydroxyl groups is 3. The van der Waals surface area contributed by atoms with E-state index in [1.54, 1.807) is 69.4 Å². The number of carbonyl (C=O) groups is 6. The molecule has 5 aliphatic rings. The number of rotatable bonds is 27. The van der Waals surface area contributed by atoms with Crippen LogP contribution in [0, 0.1) is 17.5 Å². The molecule has 40 heteroatoms. The Hall–Kier alpha value is -12.0. The van der Waals surface area contributed by atoms with Crippen molar-refractivity contribution < 1.29 is 80.9 Å². The van der Waals surface area contributed by atoms with Gasteiger partial charge in [0, 0.05) is 122 Å². The summed E-state index contributed by atoms with van der Waals surface area (Å²) in [6.07, 6.45) is 14.5. The summed E-state index contributed by atoms with van der Waals surface area (Å²) in [4.78, 5) is 110. The predicted octanol–water partition coefficient (Wildman–Crippen LogP) is 9.96. The number of nitrogens with one attached hydrogen (secondary N) is 6. The minimum absolute atomic E-state index is 0.161. The van der Waals surface area contributed by atoms with Gasteiger partial charge in [-0.3, -0.25) is 32.8 Å². The predicted molar refractivity (Wildman–Crippen MR) is 433 cm³/mol. The maximum atomic E-state index is 14.0. The maximum absolute atomic E-state index is 14.0.